The van der Waals surface area contributed by atoms with Gasteiger partial charge in [-0.05, 0) is 5.56 Å². The summed E-state index contributed by atoms with van der Waals surface area (Å²) in [6, 6.07) is 10.3. The number of aliphatic hydroxyl groups excluding tert-OH is 1. The van der Waals surface area contributed by atoms with Crippen LogP contribution in [-0.4, -0.2) is 17.8 Å². The molecule has 1 unspecified atom stereocenters. The molecule has 0 saturated heterocycles. The molecule has 0 heterocycles. The van der Waals surface area contributed by atoms with Gasteiger partial charge in [0.05, 0.1) is 6.61 Å². The maximum atomic E-state index is 8.65. The first kappa shape index (κ1) is 11.7. The van der Waals surface area contributed by atoms with Crippen molar-refractivity contribution >= 4 is 0 Å². The Morgan fingerprint density at radius 1 is 1.33 bits per heavy atom. The topological polar surface area (TPSA) is 32.3 Å². The third-order valence-corrected chi connectivity index (χ3v) is 2.09. The molecule has 0 bridgehead atoms. The fourth-order valence-electron chi connectivity index (χ4n) is 1.27. The highest BCUT2D eigenvalue weighted by molar-refractivity contribution is 5.15. The highest BCUT2D eigenvalue weighted by Gasteiger charge is 1.97. The lowest BCUT2D eigenvalue weighted by atomic mass is 10.2. The van der Waals surface area contributed by atoms with Gasteiger partial charge in [0.1, 0.15) is 0 Å². The normalized spacial score (nSPS) is 12.9. The van der Waals surface area contributed by atoms with Crippen molar-refractivity contribution in [1.29, 1.82) is 0 Å². The maximum absolute atomic E-state index is 8.65. The first-order chi connectivity index (χ1) is 7.36. The Balaban J connectivity index is 2.41. The molecule has 0 aliphatic rings. The number of nitrogens with one attached hydrogen (secondary N) is 1. The predicted molar refractivity (Wildman–Crippen MR) is 63.5 cm³/mol. The molecule has 2 nitrogen and oxygen atoms in total. The smallest absolute Gasteiger partial charge is 0.0613 e. The molecule has 0 saturated carbocycles. The minimum atomic E-state index is 0.0668. The van der Waals surface area contributed by atoms with Gasteiger partial charge in [-0.15, -0.1) is 6.58 Å². The summed E-state index contributed by atoms with van der Waals surface area (Å²) in [6.07, 6.45) is 5.43. The van der Waals surface area contributed by atoms with Crippen LogP contribution >= 0.6 is 0 Å². The van der Waals surface area contributed by atoms with Crippen LogP contribution < -0.4 is 5.32 Å². The minimum absolute atomic E-state index is 0.0668. The van der Waals surface area contributed by atoms with Crippen molar-refractivity contribution in [2.24, 2.45) is 0 Å². The van der Waals surface area contributed by atoms with Crippen molar-refractivity contribution in [1.82, 2.24) is 5.32 Å². The Kier molecular flexibility index (Phi) is 5.44. The molecule has 0 amide bonds. The lowest BCUT2D eigenvalue weighted by Crippen LogP contribution is -2.24. The number of aliphatic hydroxyl groups is 1. The molecular formula is C13H17NO. The number of rotatable bonds is 6. The maximum Gasteiger partial charge on any atom is 0.0613 e. The van der Waals surface area contributed by atoms with Gasteiger partial charge in [-0.1, -0.05) is 48.6 Å². The van der Waals surface area contributed by atoms with E-state index in [4.69, 9.17) is 5.11 Å². The summed E-state index contributed by atoms with van der Waals surface area (Å²) in [5.41, 5.74) is 1.24. The van der Waals surface area contributed by atoms with E-state index >= 15 is 0 Å². The average molecular weight is 203 g/mol. The van der Waals surface area contributed by atoms with E-state index in [0.717, 1.165) is 6.54 Å². The molecule has 1 rings (SSSR count). The van der Waals surface area contributed by atoms with Gasteiger partial charge in [0.25, 0.3) is 0 Å². The van der Waals surface area contributed by atoms with Crippen molar-refractivity contribution in [3.8, 4) is 0 Å². The van der Waals surface area contributed by atoms with Crippen molar-refractivity contribution in [3.05, 3.63) is 60.7 Å². The average Bonchev–Trinajstić information content (AvgIpc) is 2.31. The van der Waals surface area contributed by atoms with Gasteiger partial charge in [0, 0.05) is 12.6 Å². The SMILES string of the molecule is C=CC(/C=C/CO)NCc1ccccc1. The van der Waals surface area contributed by atoms with Crippen molar-refractivity contribution < 1.29 is 5.11 Å². The van der Waals surface area contributed by atoms with Crippen LogP contribution in [0.2, 0.25) is 0 Å². The van der Waals surface area contributed by atoms with Crippen molar-refractivity contribution in [3.63, 3.8) is 0 Å². The van der Waals surface area contributed by atoms with Gasteiger partial charge in [0.15, 0.2) is 0 Å². The zero-order valence-electron chi connectivity index (χ0n) is 8.76. The third kappa shape index (κ3) is 4.58. The Bertz CT molecular complexity index is 306. The zero-order valence-corrected chi connectivity index (χ0v) is 8.76. The molecule has 1 aromatic rings. The summed E-state index contributed by atoms with van der Waals surface area (Å²) >= 11 is 0. The van der Waals surface area contributed by atoms with Crippen LogP contribution in [0.5, 0.6) is 0 Å². The molecule has 0 aliphatic heterocycles. The van der Waals surface area contributed by atoms with Gasteiger partial charge >= 0.3 is 0 Å². The van der Waals surface area contributed by atoms with E-state index in [9.17, 15) is 0 Å². The molecule has 0 aliphatic carbocycles. The summed E-state index contributed by atoms with van der Waals surface area (Å²) in [4.78, 5) is 0. The Labute approximate surface area is 91.0 Å². The second-order valence-electron chi connectivity index (χ2n) is 3.24. The summed E-state index contributed by atoms with van der Waals surface area (Å²) < 4.78 is 0. The third-order valence-electron chi connectivity index (χ3n) is 2.09. The molecule has 80 valence electrons. The number of benzene rings is 1. The van der Waals surface area contributed by atoms with Crippen LogP contribution in [0.1, 0.15) is 5.56 Å². The summed E-state index contributed by atoms with van der Waals surface area (Å²) in [6.45, 7) is 4.60. The van der Waals surface area contributed by atoms with E-state index in [0.29, 0.717) is 0 Å². The summed E-state index contributed by atoms with van der Waals surface area (Å²) in [5.74, 6) is 0. The molecule has 0 fully saturated rings. The quantitative estimate of drug-likeness (QED) is 0.692. The fraction of sp³-hybridized carbons (Fsp3) is 0.231. The van der Waals surface area contributed by atoms with Crippen LogP contribution in [-0.2, 0) is 6.54 Å². The first-order valence-corrected chi connectivity index (χ1v) is 5.04. The van der Waals surface area contributed by atoms with E-state index in [2.05, 4.69) is 24.0 Å². The van der Waals surface area contributed by atoms with E-state index in [1.165, 1.54) is 5.56 Å². The van der Waals surface area contributed by atoms with Crippen LogP contribution in [0.3, 0.4) is 0 Å². The molecule has 2 heteroatoms. The zero-order chi connectivity index (χ0) is 10.9. The Morgan fingerprint density at radius 2 is 2.07 bits per heavy atom. The number of hydrogen-bond donors (Lipinski definition) is 2. The largest absolute Gasteiger partial charge is 0.392 e. The molecule has 0 radical (unpaired) electrons. The van der Waals surface area contributed by atoms with Gasteiger partial charge in [-0.2, -0.15) is 0 Å². The van der Waals surface area contributed by atoms with Gasteiger partial charge in [-0.3, -0.25) is 0 Å². The van der Waals surface area contributed by atoms with Gasteiger partial charge < -0.3 is 10.4 Å². The van der Waals surface area contributed by atoms with E-state index in [1.807, 2.05) is 30.4 Å². The number of hydrogen-bond acceptors (Lipinski definition) is 2. The van der Waals surface area contributed by atoms with Crippen molar-refractivity contribution in [2.75, 3.05) is 6.61 Å². The molecule has 15 heavy (non-hydrogen) atoms. The van der Waals surface area contributed by atoms with Gasteiger partial charge in [0.2, 0.25) is 0 Å². The standard InChI is InChI=1S/C13H17NO/c1-2-13(9-6-10-15)14-11-12-7-4-3-5-8-12/h2-9,13-15H,1,10-11H2/b9-6+. The first-order valence-electron chi connectivity index (χ1n) is 5.04. The second kappa shape index (κ2) is 6.98. The van der Waals surface area contributed by atoms with E-state index in [-0.39, 0.29) is 12.6 Å². The predicted octanol–water partition coefficient (Wildman–Crippen LogP) is 1.88. The minimum Gasteiger partial charge on any atom is -0.392 e. The molecule has 1 aromatic carbocycles. The molecule has 2 N–H and O–H groups in total. The van der Waals surface area contributed by atoms with Crippen LogP contribution in [0.4, 0.5) is 0 Å². The van der Waals surface area contributed by atoms with Gasteiger partial charge in [-0.25, -0.2) is 0 Å². The van der Waals surface area contributed by atoms with Crippen LogP contribution in [0, 0.1) is 0 Å². The second-order valence-corrected chi connectivity index (χ2v) is 3.24. The van der Waals surface area contributed by atoms with Crippen LogP contribution in [0.15, 0.2) is 55.1 Å². The summed E-state index contributed by atoms with van der Waals surface area (Å²) in [5, 5.41) is 12.0. The van der Waals surface area contributed by atoms with E-state index in [1.54, 1.807) is 6.08 Å². The highest BCUT2D eigenvalue weighted by Crippen LogP contribution is 1.99. The van der Waals surface area contributed by atoms with Crippen molar-refractivity contribution in [2.45, 2.75) is 12.6 Å². The van der Waals surface area contributed by atoms with Crippen LogP contribution in [0.25, 0.3) is 0 Å². The molecule has 0 spiro atoms. The Hall–Kier alpha value is -1.38. The monoisotopic (exact) mass is 203 g/mol. The fourth-order valence-corrected chi connectivity index (χ4v) is 1.27. The highest BCUT2D eigenvalue weighted by atomic mass is 16.2. The summed E-state index contributed by atoms with van der Waals surface area (Å²) in [7, 11) is 0. The lowest BCUT2D eigenvalue weighted by Gasteiger charge is -2.10. The lowest BCUT2D eigenvalue weighted by molar-refractivity contribution is 0.342. The molecule has 1 atom stereocenters. The molecular weight excluding hydrogens is 186 g/mol. The molecule has 0 aromatic heterocycles. The van der Waals surface area contributed by atoms with E-state index < -0.39 is 0 Å². The Morgan fingerprint density at radius 3 is 2.67 bits per heavy atom.